The Labute approximate surface area is 319 Å². The normalized spacial score (nSPS) is 12.9. The number of aromatic nitrogens is 3. The fraction of sp³-hybridized carbons (Fsp3) is 0.0192. The van der Waals surface area contributed by atoms with Gasteiger partial charge in [-0.15, -0.1) is 0 Å². The van der Waals surface area contributed by atoms with E-state index in [0.29, 0.717) is 17.5 Å². The molecular weight excluding hydrogens is 667 g/mol. The lowest BCUT2D eigenvalue weighted by Crippen LogP contribution is -2.28. The zero-order valence-electron chi connectivity index (χ0n) is 29.9. The van der Waals surface area contributed by atoms with Gasteiger partial charge in [0, 0.05) is 16.7 Å². The quantitative estimate of drug-likeness (QED) is 0.133. The van der Waals surface area contributed by atoms with Gasteiger partial charge in [-0.05, 0) is 77.8 Å². The van der Waals surface area contributed by atoms with E-state index in [-0.39, 0.29) is 0 Å². The van der Waals surface area contributed by atoms with Crippen LogP contribution in [0.1, 0.15) is 22.3 Å². The van der Waals surface area contributed by atoms with Crippen LogP contribution >= 0.6 is 0 Å². The molecular formula is C52H33N3. The van der Waals surface area contributed by atoms with Crippen molar-refractivity contribution in [2.24, 2.45) is 0 Å². The Bertz CT molecular complexity index is 3040. The highest BCUT2D eigenvalue weighted by atomic mass is 15.0. The average molecular weight is 700 g/mol. The summed E-state index contributed by atoms with van der Waals surface area (Å²) in [7, 11) is 0. The predicted molar refractivity (Wildman–Crippen MR) is 226 cm³/mol. The molecule has 11 rings (SSSR count). The summed E-state index contributed by atoms with van der Waals surface area (Å²) >= 11 is 0. The summed E-state index contributed by atoms with van der Waals surface area (Å²) in [4.78, 5) is 16.0. The van der Waals surface area contributed by atoms with Crippen molar-refractivity contribution in [3.63, 3.8) is 0 Å². The average Bonchev–Trinajstić information content (AvgIpc) is 3.56. The summed E-state index contributed by atoms with van der Waals surface area (Å²) in [6.07, 6.45) is 0. The molecule has 9 aromatic carbocycles. The van der Waals surface area contributed by atoms with Gasteiger partial charge in [-0.25, -0.2) is 15.0 Å². The molecule has 0 spiro atoms. The highest BCUT2D eigenvalue weighted by Gasteiger charge is 2.46. The van der Waals surface area contributed by atoms with E-state index in [1.807, 2.05) is 18.2 Å². The fourth-order valence-electron chi connectivity index (χ4n) is 8.98. The topological polar surface area (TPSA) is 38.7 Å². The number of hydrogen-bond donors (Lipinski definition) is 0. The molecule has 0 fully saturated rings. The first-order valence-electron chi connectivity index (χ1n) is 18.8. The highest BCUT2D eigenvalue weighted by Crippen LogP contribution is 2.56. The Morgan fingerprint density at radius 3 is 1.62 bits per heavy atom. The van der Waals surface area contributed by atoms with Crippen molar-refractivity contribution < 1.29 is 0 Å². The lowest BCUT2D eigenvalue weighted by Gasteiger charge is -2.34. The van der Waals surface area contributed by atoms with Crippen molar-refractivity contribution in [3.8, 4) is 45.3 Å². The lowest BCUT2D eigenvalue weighted by atomic mass is 9.67. The van der Waals surface area contributed by atoms with Gasteiger partial charge in [-0.1, -0.05) is 188 Å². The molecule has 0 bridgehead atoms. The van der Waals surface area contributed by atoms with E-state index in [2.05, 4.69) is 182 Å². The van der Waals surface area contributed by atoms with Crippen molar-refractivity contribution in [2.75, 3.05) is 0 Å². The standard InChI is InChI=1S/C52H33N3/c1-4-17-35(18-5-1)49-53-50(55-51(54-49)48-41-25-13-11-19-36(41)32-45-40-24-12-10-16-34(40)28-31-44(45)48)37-29-30-43-42-26-14-15-27-46(42)52(47(43)33-37,38-20-6-2-7-21-38)39-22-8-3-9-23-39/h1-33H. The van der Waals surface area contributed by atoms with Crippen LogP contribution in [0.25, 0.3) is 77.6 Å². The van der Waals surface area contributed by atoms with Crippen LogP contribution in [0.5, 0.6) is 0 Å². The zero-order valence-corrected chi connectivity index (χ0v) is 29.9. The van der Waals surface area contributed by atoms with E-state index in [1.54, 1.807) is 0 Å². The second-order valence-corrected chi connectivity index (χ2v) is 14.3. The minimum atomic E-state index is -0.532. The summed E-state index contributed by atoms with van der Waals surface area (Å²) in [6.45, 7) is 0. The molecule has 10 aromatic rings. The second kappa shape index (κ2) is 12.4. The fourth-order valence-corrected chi connectivity index (χ4v) is 8.98. The molecule has 1 aliphatic rings. The highest BCUT2D eigenvalue weighted by molar-refractivity contribution is 6.19. The monoisotopic (exact) mass is 699 g/mol. The van der Waals surface area contributed by atoms with Gasteiger partial charge in [0.25, 0.3) is 0 Å². The molecule has 0 amide bonds. The summed E-state index contributed by atoms with van der Waals surface area (Å²) < 4.78 is 0. The van der Waals surface area contributed by atoms with Crippen LogP contribution in [0.2, 0.25) is 0 Å². The van der Waals surface area contributed by atoms with Crippen molar-refractivity contribution in [1.29, 1.82) is 0 Å². The van der Waals surface area contributed by atoms with Crippen LogP contribution in [0.15, 0.2) is 200 Å². The van der Waals surface area contributed by atoms with Crippen LogP contribution in [0.4, 0.5) is 0 Å². The predicted octanol–water partition coefficient (Wildman–Crippen LogP) is 12.7. The van der Waals surface area contributed by atoms with Crippen LogP contribution < -0.4 is 0 Å². The Balaban J connectivity index is 1.21. The summed E-state index contributed by atoms with van der Waals surface area (Å²) in [6, 6.07) is 71.6. The van der Waals surface area contributed by atoms with E-state index in [9.17, 15) is 0 Å². The SMILES string of the molecule is c1ccc(-c2nc(-c3ccc4c(c3)C(c3ccccc3)(c3ccccc3)c3ccccc3-4)nc(-c3c4ccccc4cc4c3ccc3ccccc34)n2)cc1. The minimum Gasteiger partial charge on any atom is -0.208 e. The van der Waals surface area contributed by atoms with Gasteiger partial charge in [-0.2, -0.15) is 0 Å². The van der Waals surface area contributed by atoms with Crippen molar-refractivity contribution >= 4 is 32.3 Å². The molecule has 0 N–H and O–H groups in total. The smallest absolute Gasteiger partial charge is 0.165 e. The molecule has 0 atom stereocenters. The van der Waals surface area contributed by atoms with Crippen LogP contribution in [0.3, 0.4) is 0 Å². The number of fused-ring (bicyclic) bond motifs is 7. The molecule has 0 saturated carbocycles. The Morgan fingerprint density at radius 1 is 0.309 bits per heavy atom. The van der Waals surface area contributed by atoms with Gasteiger partial charge in [0.2, 0.25) is 0 Å². The maximum absolute atomic E-state index is 5.43. The zero-order chi connectivity index (χ0) is 36.3. The number of nitrogens with zero attached hydrogens (tertiary/aromatic N) is 3. The van der Waals surface area contributed by atoms with Crippen LogP contribution in [0, 0.1) is 0 Å². The molecule has 0 saturated heterocycles. The second-order valence-electron chi connectivity index (χ2n) is 14.3. The van der Waals surface area contributed by atoms with Crippen molar-refractivity contribution in [3.05, 3.63) is 222 Å². The third-order valence-corrected chi connectivity index (χ3v) is 11.4. The van der Waals surface area contributed by atoms with Crippen LogP contribution in [-0.4, -0.2) is 15.0 Å². The molecule has 3 nitrogen and oxygen atoms in total. The molecule has 1 heterocycles. The molecule has 55 heavy (non-hydrogen) atoms. The number of benzene rings is 9. The summed E-state index contributed by atoms with van der Waals surface area (Å²) in [5.74, 6) is 1.94. The summed E-state index contributed by atoms with van der Waals surface area (Å²) in [5, 5.41) is 6.97. The molecule has 1 aliphatic carbocycles. The largest absolute Gasteiger partial charge is 0.208 e. The van der Waals surface area contributed by atoms with Gasteiger partial charge in [-0.3, -0.25) is 0 Å². The lowest BCUT2D eigenvalue weighted by molar-refractivity contribution is 0.768. The van der Waals surface area contributed by atoms with Crippen molar-refractivity contribution in [1.82, 2.24) is 15.0 Å². The molecule has 3 heteroatoms. The van der Waals surface area contributed by atoms with E-state index in [4.69, 9.17) is 15.0 Å². The number of hydrogen-bond acceptors (Lipinski definition) is 3. The van der Waals surface area contributed by atoms with Gasteiger partial charge in [0.1, 0.15) is 0 Å². The molecule has 256 valence electrons. The van der Waals surface area contributed by atoms with E-state index < -0.39 is 5.41 Å². The first-order chi connectivity index (χ1) is 27.3. The maximum Gasteiger partial charge on any atom is 0.165 e. The third-order valence-electron chi connectivity index (χ3n) is 11.4. The van der Waals surface area contributed by atoms with Crippen molar-refractivity contribution in [2.45, 2.75) is 5.41 Å². The Kier molecular flexibility index (Phi) is 7.08. The van der Waals surface area contributed by atoms with Crippen LogP contribution in [-0.2, 0) is 5.41 Å². The first-order valence-corrected chi connectivity index (χ1v) is 18.8. The van der Waals surface area contributed by atoms with Gasteiger partial charge in [0.15, 0.2) is 17.5 Å². The molecule has 0 aliphatic heterocycles. The van der Waals surface area contributed by atoms with Gasteiger partial charge >= 0.3 is 0 Å². The molecule has 0 unspecified atom stereocenters. The van der Waals surface area contributed by atoms with Gasteiger partial charge in [0.05, 0.1) is 5.41 Å². The molecule has 0 radical (unpaired) electrons. The van der Waals surface area contributed by atoms with E-state index in [0.717, 1.165) is 32.8 Å². The maximum atomic E-state index is 5.43. The Morgan fingerprint density at radius 2 is 0.873 bits per heavy atom. The third kappa shape index (κ3) is 4.80. The minimum absolute atomic E-state index is 0.532. The molecule has 1 aromatic heterocycles. The summed E-state index contributed by atoms with van der Waals surface area (Å²) in [5.41, 5.74) is 9.76. The first kappa shape index (κ1) is 31.3. The Hall–Kier alpha value is -7.23. The van der Waals surface area contributed by atoms with E-state index >= 15 is 0 Å². The van der Waals surface area contributed by atoms with Gasteiger partial charge < -0.3 is 0 Å². The number of rotatable bonds is 5. The van der Waals surface area contributed by atoms with E-state index in [1.165, 1.54) is 49.5 Å².